The molecule has 0 atom stereocenters. The molecule has 0 N–H and O–H groups in total. The van der Waals surface area contributed by atoms with E-state index in [1.807, 2.05) is 6.07 Å². The van der Waals surface area contributed by atoms with Gasteiger partial charge in [-0.15, -0.1) is 0 Å². The molecule has 0 aliphatic carbocycles. The van der Waals surface area contributed by atoms with Gasteiger partial charge in [-0.25, -0.2) is 0 Å². The van der Waals surface area contributed by atoms with Crippen molar-refractivity contribution in [3.8, 4) is 0 Å². The third-order valence-corrected chi connectivity index (χ3v) is 4.90. The zero-order chi connectivity index (χ0) is 16.2. The Bertz CT molecular complexity index is 666. The lowest BCUT2D eigenvalue weighted by atomic mass is 10.1. The lowest BCUT2D eigenvalue weighted by Gasteiger charge is -2.25. The van der Waals surface area contributed by atoms with Gasteiger partial charge in [-0.1, -0.05) is 36.8 Å². The van der Waals surface area contributed by atoms with Crippen molar-refractivity contribution in [2.24, 2.45) is 0 Å². The van der Waals surface area contributed by atoms with E-state index >= 15 is 0 Å². The van der Waals surface area contributed by atoms with Crippen molar-refractivity contribution in [2.75, 3.05) is 19.6 Å². The number of hydrogen-bond acceptors (Lipinski definition) is 2. The molecule has 0 radical (unpaired) electrons. The smallest absolute Gasteiger partial charge is 0.193 e. The van der Waals surface area contributed by atoms with Crippen LogP contribution in [0.2, 0.25) is 0 Å². The number of aromatic nitrogens is 1. The van der Waals surface area contributed by atoms with E-state index in [0.717, 1.165) is 25.3 Å². The van der Waals surface area contributed by atoms with E-state index in [9.17, 15) is 4.79 Å². The van der Waals surface area contributed by atoms with Crippen LogP contribution < -0.4 is 0 Å². The van der Waals surface area contributed by atoms with Crippen LogP contribution in [-0.4, -0.2) is 34.9 Å². The summed E-state index contributed by atoms with van der Waals surface area (Å²) >= 11 is 0. The van der Waals surface area contributed by atoms with Crippen molar-refractivity contribution in [1.29, 1.82) is 0 Å². The third-order valence-electron chi connectivity index (χ3n) is 4.90. The van der Waals surface area contributed by atoms with Gasteiger partial charge < -0.3 is 4.57 Å². The van der Waals surface area contributed by atoms with E-state index in [0.29, 0.717) is 6.54 Å². The topological polar surface area (TPSA) is 25.2 Å². The summed E-state index contributed by atoms with van der Waals surface area (Å²) in [6.45, 7) is 7.63. The van der Waals surface area contributed by atoms with Crippen LogP contribution >= 0.6 is 0 Å². The van der Waals surface area contributed by atoms with Crippen LogP contribution in [-0.2, 0) is 6.54 Å². The molecule has 2 heterocycles. The highest BCUT2D eigenvalue weighted by molar-refractivity contribution is 5.96. The first-order valence-electron chi connectivity index (χ1n) is 8.61. The Balaban J connectivity index is 1.81. The molecule has 0 spiro atoms. The monoisotopic (exact) mass is 310 g/mol. The average Bonchev–Trinajstić information content (AvgIpc) is 2.85. The zero-order valence-corrected chi connectivity index (χ0v) is 14.2. The highest BCUT2D eigenvalue weighted by atomic mass is 16.1. The molecule has 1 aliphatic rings. The van der Waals surface area contributed by atoms with Gasteiger partial charge in [0.15, 0.2) is 5.78 Å². The van der Waals surface area contributed by atoms with Crippen molar-refractivity contribution >= 4 is 5.78 Å². The van der Waals surface area contributed by atoms with E-state index in [1.165, 1.54) is 36.1 Å². The summed E-state index contributed by atoms with van der Waals surface area (Å²) in [4.78, 5) is 15.1. The van der Waals surface area contributed by atoms with Crippen molar-refractivity contribution < 1.29 is 4.79 Å². The Labute approximate surface area is 138 Å². The second-order valence-corrected chi connectivity index (χ2v) is 6.63. The zero-order valence-electron chi connectivity index (χ0n) is 14.2. The molecule has 2 aromatic rings. The molecular formula is C20H26N2O. The number of aryl methyl sites for hydroxylation is 1. The van der Waals surface area contributed by atoms with E-state index in [4.69, 9.17) is 0 Å². The van der Waals surface area contributed by atoms with Crippen LogP contribution in [0.3, 0.4) is 0 Å². The summed E-state index contributed by atoms with van der Waals surface area (Å²) in [6, 6.07) is 12.4. The molecule has 1 aromatic carbocycles. The van der Waals surface area contributed by atoms with E-state index in [-0.39, 0.29) is 5.78 Å². The van der Waals surface area contributed by atoms with E-state index < -0.39 is 0 Å². The molecular weight excluding hydrogens is 284 g/mol. The highest BCUT2D eigenvalue weighted by Crippen LogP contribution is 2.18. The molecule has 1 aromatic heterocycles. The van der Waals surface area contributed by atoms with Gasteiger partial charge in [0.05, 0.1) is 12.2 Å². The first-order valence-corrected chi connectivity index (χ1v) is 8.61. The number of carbonyl (C=O) groups is 1. The van der Waals surface area contributed by atoms with Gasteiger partial charge in [0.2, 0.25) is 0 Å². The van der Waals surface area contributed by atoms with Crippen LogP contribution in [0.4, 0.5) is 0 Å². The molecule has 122 valence electrons. The van der Waals surface area contributed by atoms with Crippen molar-refractivity contribution in [2.45, 2.75) is 39.7 Å². The average molecular weight is 310 g/mol. The fraction of sp³-hybridized carbons (Fsp3) is 0.450. The van der Waals surface area contributed by atoms with E-state index in [1.54, 1.807) is 0 Å². The number of rotatable bonds is 5. The molecule has 23 heavy (non-hydrogen) atoms. The molecule has 0 bridgehead atoms. The fourth-order valence-electron chi connectivity index (χ4n) is 3.38. The quantitative estimate of drug-likeness (QED) is 0.784. The number of likely N-dealkylation sites (tertiary alicyclic amines) is 1. The van der Waals surface area contributed by atoms with Crippen LogP contribution in [0.1, 0.15) is 46.6 Å². The van der Waals surface area contributed by atoms with Gasteiger partial charge in [0.1, 0.15) is 0 Å². The fourth-order valence-corrected chi connectivity index (χ4v) is 3.38. The molecule has 0 amide bonds. The number of hydrogen-bond donors (Lipinski definition) is 0. The molecule has 0 unspecified atom stereocenters. The first kappa shape index (κ1) is 16.0. The minimum atomic E-state index is 0.249. The summed E-state index contributed by atoms with van der Waals surface area (Å²) in [5.41, 5.74) is 4.48. The summed E-state index contributed by atoms with van der Waals surface area (Å²) in [7, 11) is 0. The third kappa shape index (κ3) is 3.73. The Morgan fingerprint density at radius 3 is 2.43 bits per heavy atom. The highest BCUT2D eigenvalue weighted by Gasteiger charge is 2.20. The SMILES string of the molecule is Cc1cc(C(=O)CN2CCCCC2)n(Cc2ccccc2)c1C. The summed E-state index contributed by atoms with van der Waals surface area (Å²) < 4.78 is 2.18. The van der Waals surface area contributed by atoms with Crippen LogP contribution in [0.25, 0.3) is 0 Å². The van der Waals surface area contributed by atoms with Gasteiger partial charge in [0.25, 0.3) is 0 Å². The van der Waals surface area contributed by atoms with Crippen LogP contribution in [0.15, 0.2) is 36.4 Å². The minimum Gasteiger partial charge on any atom is -0.338 e. The van der Waals surface area contributed by atoms with E-state index in [2.05, 4.69) is 53.6 Å². The Morgan fingerprint density at radius 2 is 1.74 bits per heavy atom. The number of Topliss-reactive ketones (excluding diaryl/α,β-unsaturated/α-hetero) is 1. The van der Waals surface area contributed by atoms with Gasteiger partial charge in [0, 0.05) is 12.2 Å². The summed E-state index contributed by atoms with van der Waals surface area (Å²) in [5.74, 6) is 0.249. The molecule has 1 fully saturated rings. The maximum atomic E-state index is 12.8. The second kappa shape index (κ2) is 7.14. The van der Waals surface area contributed by atoms with Gasteiger partial charge in [-0.05, 0) is 57.0 Å². The normalized spacial score (nSPS) is 15.7. The van der Waals surface area contributed by atoms with Crippen molar-refractivity contribution in [1.82, 2.24) is 9.47 Å². The summed E-state index contributed by atoms with van der Waals surface area (Å²) in [6.07, 6.45) is 3.74. The Morgan fingerprint density at radius 1 is 1.04 bits per heavy atom. The van der Waals surface area contributed by atoms with Crippen molar-refractivity contribution in [3.63, 3.8) is 0 Å². The standard InChI is InChI=1S/C20H26N2O/c1-16-13-19(20(23)15-21-11-7-4-8-12-21)22(17(16)2)14-18-9-5-3-6-10-18/h3,5-6,9-10,13H,4,7-8,11-12,14-15H2,1-2H3. The number of nitrogens with zero attached hydrogens (tertiary/aromatic N) is 2. The second-order valence-electron chi connectivity index (χ2n) is 6.63. The Hall–Kier alpha value is -1.87. The van der Waals surface area contributed by atoms with Gasteiger partial charge in [-0.3, -0.25) is 9.69 Å². The maximum absolute atomic E-state index is 12.8. The molecule has 3 rings (SSSR count). The predicted octanol–water partition coefficient (Wildman–Crippen LogP) is 3.82. The number of piperidine rings is 1. The number of carbonyl (C=O) groups excluding carboxylic acids is 1. The first-order chi connectivity index (χ1) is 11.1. The minimum absolute atomic E-state index is 0.249. The van der Waals surface area contributed by atoms with Crippen molar-refractivity contribution in [3.05, 3.63) is 58.9 Å². The predicted molar refractivity (Wildman–Crippen MR) is 94.1 cm³/mol. The Kier molecular flexibility index (Phi) is 4.97. The molecule has 1 aliphatic heterocycles. The van der Waals surface area contributed by atoms with Gasteiger partial charge in [-0.2, -0.15) is 0 Å². The number of ketones is 1. The maximum Gasteiger partial charge on any atom is 0.193 e. The summed E-state index contributed by atoms with van der Waals surface area (Å²) in [5, 5.41) is 0. The lowest BCUT2D eigenvalue weighted by molar-refractivity contribution is 0.0906. The molecule has 3 heteroatoms. The lowest BCUT2D eigenvalue weighted by Crippen LogP contribution is -2.35. The molecule has 3 nitrogen and oxygen atoms in total. The molecule has 0 saturated carbocycles. The molecule has 1 saturated heterocycles. The number of benzene rings is 1. The van der Waals surface area contributed by atoms with Crippen LogP contribution in [0.5, 0.6) is 0 Å². The van der Waals surface area contributed by atoms with Gasteiger partial charge >= 0.3 is 0 Å². The largest absolute Gasteiger partial charge is 0.338 e. The van der Waals surface area contributed by atoms with Crippen LogP contribution in [0, 0.1) is 13.8 Å².